The number of halogens is 3. The minimum Gasteiger partial charge on any atom is -0.480 e. The molecule has 1 atom stereocenters. The van der Waals surface area contributed by atoms with Gasteiger partial charge < -0.3 is 15.7 Å². The minimum atomic E-state index is -4.48. The molecule has 3 rings (SSSR count). The van der Waals surface area contributed by atoms with E-state index in [0.717, 1.165) is 24.0 Å². The summed E-state index contributed by atoms with van der Waals surface area (Å²) in [4.78, 5) is 23.5. The Morgan fingerprint density at radius 3 is 2.34 bits per heavy atom. The molecule has 0 aliphatic heterocycles. The van der Waals surface area contributed by atoms with Gasteiger partial charge in [0.25, 0.3) is 0 Å². The van der Waals surface area contributed by atoms with Crippen LogP contribution in [0.25, 0.3) is 11.1 Å². The Morgan fingerprint density at radius 2 is 1.74 bits per heavy atom. The number of carbonyl (C=O) groups is 2. The van der Waals surface area contributed by atoms with Crippen molar-refractivity contribution in [3.05, 3.63) is 54.1 Å². The Bertz CT molecular complexity index is 1150. The van der Waals surface area contributed by atoms with Crippen LogP contribution in [0, 0.1) is 0 Å². The van der Waals surface area contributed by atoms with Gasteiger partial charge >= 0.3 is 18.2 Å². The van der Waals surface area contributed by atoms with Crippen molar-refractivity contribution in [2.75, 3.05) is 11.1 Å². The molecular formula is C23H26F3N3O5S. The molecule has 0 spiro atoms. The average molecular weight is 514 g/mol. The highest BCUT2D eigenvalue weighted by Crippen LogP contribution is 2.25. The highest BCUT2D eigenvalue weighted by molar-refractivity contribution is 7.89. The molecule has 0 bridgehead atoms. The first kappa shape index (κ1) is 26.5. The standard InChI is InChI=1S/C23H26F3N3O5S/c24-23(25,26)11-2-12-35(33,34)29-20(21(30)31)13-15-5-7-16(8-6-15)17-3-1-4-19(14-17)28-22(32)27-18-9-10-18/h1,3-8,14,18,20,29H,2,9-13H2,(H,30,31)(H2,27,28,32). The Kier molecular flexibility index (Phi) is 8.39. The second kappa shape index (κ2) is 11.1. The van der Waals surface area contributed by atoms with E-state index in [1.807, 2.05) is 10.8 Å². The van der Waals surface area contributed by atoms with Crippen molar-refractivity contribution in [3.8, 4) is 11.1 Å². The van der Waals surface area contributed by atoms with Crippen LogP contribution in [0.2, 0.25) is 0 Å². The number of nitrogens with one attached hydrogen (secondary N) is 3. The first-order chi connectivity index (χ1) is 16.4. The predicted octanol–water partition coefficient (Wildman–Crippen LogP) is 3.90. The van der Waals surface area contributed by atoms with Gasteiger partial charge in [0.15, 0.2) is 0 Å². The molecule has 1 aliphatic carbocycles. The van der Waals surface area contributed by atoms with Gasteiger partial charge in [0.05, 0.1) is 5.75 Å². The largest absolute Gasteiger partial charge is 0.480 e. The Hall–Kier alpha value is -3.12. The predicted molar refractivity (Wildman–Crippen MR) is 124 cm³/mol. The SMILES string of the molecule is O=C(Nc1cccc(-c2ccc(CC(NS(=O)(=O)CCCC(F)(F)F)C(=O)O)cc2)c1)NC1CC1. The van der Waals surface area contributed by atoms with E-state index in [1.165, 1.54) is 0 Å². The molecule has 2 amide bonds. The Morgan fingerprint density at radius 1 is 1.06 bits per heavy atom. The molecule has 0 radical (unpaired) electrons. The molecule has 35 heavy (non-hydrogen) atoms. The van der Waals surface area contributed by atoms with E-state index in [1.54, 1.807) is 42.5 Å². The second-order valence-electron chi connectivity index (χ2n) is 8.40. The van der Waals surface area contributed by atoms with Crippen molar-refractivity contribution < 1.29 is 36.3 Å². The number of rotatable bonds is 11. The minimum absolute atomic E-state index is 0.183. The zero-order chi connectivity index (χ0) is 25.6. The van der Waals surface area contributed by atoms with Crippen molar-refractivity contribution in [3.63, 3.8) is 0 Å². The van der Waals surface area contributed by atoms with E-state index < -0.39 is 46.8 Å². The van der Waals surface area contributed by atoms with Gasteiger partial charge in [0, 0.05) is 18.2 Å². The van der Waals surface area contributed by atoms with Crippen molar-refractivity contribution >= 4 is 27.7 Å². The van der Waals surface area contributed by atoms with Crippen LogP contribution in [0.4, 0.5) is 23.7 Å². The number of aliphatic carboxylic acids is 1. The zero-order valence-electron chi connectivity index (χ0n) is 18.6. The number of benzene rings is 2. The summed E-state index contributed by atoms with van der Waals surface area (Å²) >= 11 is 0. The van der Waals surface area contributed by atoms with E-state index in [9.17, 15) is 36.3 Å². The highest BCUT2D eigenvalue weighted by atomic mass is 32.2. The molecule has 0 aromatic heterocycles. The number of anilines is 1. The maximum Gasteiger partial charge on any atom is 0.389 e. The average Bonchev–Trinajstić information content (AvgIpc) is 3.56. The Labute approximate surface area is 201 Å². The van der Waals surface area contributed by atoms with Crippen LogP contribution in [0.15, 0.2) is 48.5 Å². The number of hydrogen-bond donors (Lipinski definition) is 4. The number of carbonyl (C=O) groups excluding carboxylic acids is 1. The number of carboxylic acid groups (broad SMARTS) is 1. The number of hydrogen-bond acceptors (Lipinski definition) is 4. The van der Waals surface area contributed by atoms with Crippen LogP contribution in [0.5, 0.6) is 0 Å². The number of amides is 2. The molecule has 2 aromatic rings. The number of sulfonamides is 1. The molecule has 8 nitrogen and oxygen atoms in total. The van der Waals surface area contributed by atoms with Gasteiger partial charge in [-0.2, -0.15) is 13.2 Å². The molecule has 0 saturated heterocycles. The monoisotopic (exact) mass is 513 g/mol. The van der Waals surface area contributed by atoms with Crippen molar-refractivity contribution in [2.24, 2.45) is 0 Å². The molecule has 1 aliphatic rings. The van der Waals surface area contributed by atoms with Crippen LogP contribution in [-0.4, -0.2) is 49.5 Å². The molecule has 1 saturated carbocycles. The third-order valence-corrected chi connectivity index (χ3v) is 6.72. The van der Waals surface area contributed by atoms with E-state index in [-0.39, 0.29) is 18.5 Å². The van der Waals surface area contributed by atoms with Crippen molar-refractivity contribution in [1.82, 2.24) is 10.0 Å². The summed E-state index contributed by atoms with van der Waals surface area (Å²) in [6.07, 6.45) is -4.64. The number of alkyl halides is 3. The summed E-state index contributed by atoms with van der Waals surface area (Å²) in [5.41, 5.74) is 2.73. The van der Waals surface area contributed by atoms with Crippen molar-refractivity contribution in [1.29, 1.82) is 0 Å². The maximum atomic E-state index is 12.3. The Balaban J connectivity index is 1.61. The summed E-state index contributed by atoms with van der Waals surface area (Å²) in [5.74, 6) is -2.25. The normalized spacial score (nSPS) is 14.8. The van der Waals surface area contributed by atoms with Gasteiger partial charge in [-0.1, -0.05) is 36.4 Å². The summed E-state index contributed by atoms with van der Waals surface area (Å²) in [6.45, 7) is 0. The van der Waals surface area contributed by atoms with Crippen LogP contribution >= 0.6 is 0 Å². The van der Waals surface area contributed by atoms with Gasteiger partial charge in [0.1, 0.15) is 6.04 Å². The summed E-state index contributed by atoms with van der Waals surface area (Å²) < 4.78 is 62.9. The van der Waals surface area contributed by atoms with Crippen LogP contribution in [0.3, 0.4) is 0 Å². The summed E-state index contributed by atoms with van der Waals surface area (Å²) in [5, 5.41) is 15.0. The fourth-order valence-corrected chi connectivity index (χ4v) is 4.60. The first-order valence-electron chi connectivity index (χ1n) is 11.0. The zero-order valence-corrected chi connectivity index (χ0v) is 19.5. The van der Waals surface area contributed by atoms with Crippen molar-refractivity contribution in [2.45, 2.75) is 50.4 Å². The van der Waals surface area contributed by atoms with E-state index in [0.29, 0.717) is 11.3 Å². The first-order valence-corrected chi connectivity index (χ1v) is 12.6. The van der Waals surface area contributed by atoms with Gasteiger partial charge in [-0.05, 0) is 54.5 Å². The lowest BCUT2D eigenvalue weighted by Gasteiger charge is -2.15. The molecule has 12 heteroatoms. The number of carboxylic acids is 1. The molecule has 4 N–H and O–H groups in total. The highest BCUT2D eigenvalue weighted by Gasteiger charge is 2.29. The third kappa shape index (κ3) is 9.21. The van der Waals surface area contributed by atoms with Crippen LogP contribution < -0.4 is 15.4 Å². The maximum absolute atomic E-state index is 12.3. The molecule has 1 fully saturated rings. The molecule has 1 unspecified atom stereocenters. The van der Waals surface area contributed by atoms with Gasteiger partial charge in [0.2, 0.25) is 10.0 Å². The van der Waals surface area contributed by atoms with Gasteiger partial charge in [-0.15, -0.1) is 0 Å². The van der Waals surface area contributed by atoms with Crippen LogP contribution in [0.1, 0.15) is 31.2 Å². The molecule has 190 valence electrons. The number of urea groups is 1. The van der Waals surface area contributed by atoms with Gasteiger partial charge in [-0.25, -0.2) is 17.9 Å². The second-order valence-corrected chi connectivity index (χ2v) is 10.3. The van der Waals surface area contributed by atoms with E-state index in [4.69, 9.17) is 0 Å². The lowest BCUT2D eigenvalue weighted by Crippen LogP contribution is -2.43. The lowest BCUT2D eigenvalue weighted by molar-refractivity contribution is -0.139. The van der Waals surface area contributed by atoms with E-state index >= 15 is 0 Å². The van der Waals surface area contributed by atoms with E-state index in [2.05, 4.69) is 10.6 Å². The fourth-order valence-electron chi connectivity index (χ4n) is 3.34. The third-order valence-electron chi connectivity index (χ3n) is 5.25. The fraction of sp³-hybridized carbons (Fsp3) is 0.391. The molecule has 0 heterocycles. The lowest BCUT2D eigenvalue weighted by atomic mass is 10.0. The molecule has 2 aromatic carbocycles. The van der Waals surface area contributed by atoms with Gasteiger partial charge in [-0.3, -0.25) is 4.79 Å². The quantitative estimate of drug-likeness (QED) is 0.363. The summed E-state index contributed by atoms with van der Waals surface area (Å²) in [7, 11) is -4.21. The van der Waals surface area contributed by atoms with Crippen LogP contribution in [-0.2, 0) is 21.2 Å². The molecular weight excluding hydrogens is 487 g/mol. The topological polar surface area (TPSA) is 125 Å². The smallest absolute Gasteiger partial charge is 0.389 e. The summed E-state index contributed by atoms with van der Waals surface area (Å²) in [6, 6.07) is 12.3.